The van der Waals surface area contributed by atoms with Crippen LogP contribution in [-0.2, 0) is 27.6 Å². The van der Waals surface area contributed by atoms with Gasteiger partial charge in [0.05, 0.1) is 10.5 Å². The number of benzene rings is 2. The van der Waals surface area contributed by atoms with E-state index in [4.69, 9.17) is 4.74 Å². The number of ether oxygens (including phenoxy) is 1. The van der Waals surface area contributed by atoms with E-state index in [2.05, 4.69) is 22.8 Å². The van der Waals surface area contributed by atoms with Crippen molar-refractivity contribution in [3.05, 3.63) is 58.7 Å². The Labute approximate surface area is 196 Å². The van der Waals surface area contributed by atoms with Gasteiger partial charge in [-0.05, 0) is 92.6 Å². The topological polar surface area (TPSA) is 66.9 Å². The Kier molecular flexibility index (Phi) is 5.73. The monoisotopic (exact) mass is 468 g/mol. The molecular weight excluding hydrogens is 436 g/mol. The highest BCUT2D eigenvalue weighted by Gasteiger charge is 2.40. The zero-order chi connectivity index (χ0) is 23.2. The van der Waals surface area contributed by atoms with Crippen LogP contribution in [0.1, 0.15) is 46.3 Å². The maximum absolute atomic E-state index is 11.8. The largest absolute Gasteiger partial charge is 0.457 e. The molecule has 0 bridgehead atoms. The standard InChI is InChI=1S/C26H32N2O4S/c1-19-20(3-8-23-24(19)17-32-25(23)29)9-13-27-14-10-26(11-15-27)12-16-28(18-26)21-4-6-22(7-5-21)33(2,30)31/h3-8H,9-18H2,1-2H3. The molecule has 2 aromatic carbocycles. The van der Waals surface area contributed by atoms with Gasteiger partial charge in [-0.3, -0.25) is 0 Å². The van der Waals surface area contributed by atoms with Crippen LogP contribution in [0.3, 0.4) is 0 Å². The fraction of sp³-hybridized carbons (Fsp3) is 0.500. The minimum atomic E-state index is -3.16. The molecule has 0 atom stereocenters. The van der Waals surface area contributed by atoms with E-state index < -0.39 is 9.84 Å². The van der Waals surface area contributed by atoms with Crippen molar-refractivity contribution in [3.8, 4) is 0 Å². The molecule has 0 aliphatic carbocycles. The number of carbonyl (C=O) groups is 1. The lowest BCUT2D eigenvalue weighted by molar-refractivity contribution is 0.0535. The van der Waals surface area contributed by atoms with Gasteiger partial charge in [0.1, 0.15) is 6.61 Å². The summed E-state index contributed by atoms with van der Waals surface area (Å²) in [6, 6.07) is 11.4. The van der Waals surface area contributed by atoms with Gasteiger partial charge in [-0.15, -0.1) is 0 Å². The summed E-state index contributed by atoms with van der Waals surface area (Å²) in [6.07, 6.45) is 5.86. The Morgan fingerprint density at radius 3 is 2.39 bits per heavy atom. The second kappa shape index (κ2) is 8.44. The molecule has 0 amide bonds. The van der Waals surface area contributed by atoms with Crippen LogP contribution in [0.15, 0.2) is 41.3 Å². The molecule has 0 unspecified atom stereocenters. The van der Waals surface area contributed by atoms with Crippen molar-refractivity contribution >= 4 is 21.5 Å². The van der Waals surface area contributed by atoms with E-state index in [0.717, 1.165) is 56.0 Å². The maximum atomic E-state index is 11.8. The van der Waals surface area contributed by atoms with Crippen LogP contribution >= 0.6 is 0 Å². The van der Waals surface area contributed by atoms with Crippen LogP contribution in [0.2, 0.25) is 0 Å². The Morgan fingerprint density at radius 2 is 1.70 bits per heavy atom. The average Bonchev–Trinajstić information content (AvgIpc) is 3.39. The van der Waals surface area contributed by atoms with Gasteiger partial charge in [0.15, 0.2) is 9.84 Å². The first-order valence-electron chi connectivity index (χ1n) is 11.8. The molecule has 7 heteroatoms. The molecule has 2 fully saturated rings. The quantitative estimate of drug-likeness (QED) is 0.625. The van der Waals surface area contributed by atoms with Crippen molar-refractivity contribution in [2.45, 2.75) is 44.1 Å². The molecule has 3 aliphatic rings. The van der Waals surface area contributed by atoms with E-state index in [1.165, 1.54) is 36.6 Å². The van der Waals surface area contributed by atoms with Gasteiger partial charge in [-0.25, -0.2) is 13.2 Å². The van der Waals surface area contributed by atoms with E-state index >= 15 is 0 Å². The van der Waals surface area contributed by atoms with Crippen LogP contribution in [0.5, 0.6) is 0 Å². The minimum absolute atomic E-state index is 0.196. The zero-order valence-electron chi connectivity index (χ0n) is 19.5. The van der Waals surface area contributed by atoms with Crippen molar-refractivity contribution in [1.29, 1.82) is 0 Å². The van der Waals surface area contributed by atoms with Crippen LogP contribution in [0.25, 0.3) is 0 Å². The van der Waals surface area contributed by atoms with Gasteiger partial charge in [0, 0.05) is 37.1 Å². The van der Waals surface area contributed by atoms with Gasteiger partial charge in [-0.2, -0.15) is 0 Å². The lowest BCUT2D eigenvalue weighted by Gasteiger charge is -2.39. The normalized spacial score (nSPS) is 20.3. The smallest absolute Gasteiger partial charge is 0.338 e. The Hall–Kier alpha value is -2.38. The number of fused-ring (bicyclic) bond motifs is 1. The second-order valence-electron chi connectivity index (χ2n) is 9.98. The highest BCUT2D eigenvalue weighted by atomic mass is 32.2. The average molecular weight is 469 g/mol. The summed E-state index contributed by atoms with van der Waals surface area (Å²) in [7, 11) is -3.16. The lowest BCUT2D eigenvalue weighted by Crippen LogP contribution is -2.42. The third kappa shape index (κ3) is 4.41. The number of cyclic esters (lactones) is 1. The number of carbonyl (C=O) groups excluding carboxylic acids is 1. The zero-order valence-corrected chi connectivity index (χ0v) is 20.3. The van der Waals surface area contributed by atoms with Crippen LogP contribution < -0.4 is 4.90 Å². The van der Waals surface area contributed by atoms with E-state index in [9.17, 15) is 13.2 Å². The first-order valence-corrected chi connectivity index (χ1v) is 13.7. The number of hydrogen-bond acceptors (Lipinski definition) is 6. The minimum Gasteiger partial charge on any atom is -0.457 e. The van der Waals surface area contributed by atoms with Crippen molar-refractivity contribution in [2.24, 2.45) is 5.41 Å². The molecule has 33 heavy (non-hydrogen) atoms. The van der Waals surface area contributed by atoms with Crippen LogP contribution in [0, 0.1) is 12.3 Å². The Morgan fingerprint density at radius 1 is 1.00 bits per heavy atom. The van der Waals surface area contributed by atoms with Crippen molar-refractivity contribution in [1.82, 2.24) is 4.90 Å². The van der Waals surface area contributed by atoms with Gasteiger partial charge >= 0.3 is 5.97 Å². The van der Waals surface area contributed by atoms with E-state index in [1.807, 2.05) is 18.2 Å². The summed E-state index contributed by atoms with van der Waals surface area (Å²) in [5.74, 6) is -0.196. The predicted molar refractivity (Wildman–Crippen MR) is 128 cm³/mol. The third-order valence-corrected chi connectivity index (χ3v) is 9.09. The van der Waals surface area contributed by atoms with Gasteiger partial charge in [0.25, 0.3) is 0 Å². The van der Waals surface area contributed by atoms with E-state index in [-0.39, 0.29) is 5.97 Å². The molecule has 0 radical (unpaired) electrons. The summed E-state index contributed by atoms with van der Waals surface area (Å²) in [6.45, 7) is 7.88. The summed E-state index contributed by atoms with van der Waals surface area (Å²) in [4.78, 5) is 17.1. The van der Waals surface area contributed by atoms with Gasteiger partial charge in [0.2, 0.25) is 0 Å². The summed E-state index contributed by atoms with van der Waals surface area (Å²) in [5.41, 5.74) is 5.81. The number of esters is 1. The number of rotatable bonds is 5. The molecule has 0 N–H and O–H groups in total. The first-order chi connectivity index (χ1) is 15.7. The summed E-state index contributed by atoms with van der Waals surface area (Å²) < 4.78 is 28.6. The Balaban J connectivity index is 1.15. The first kappa shape index (κ1) is 22.4. The molecule has 3 heterocycles. The molecule has 3 aliphatic heterocycles. The molecule has 5 rings (SSSR count). The maximum Gasteiger partial charge on any atom is 0.338 e. The lowest BCUT2D eigenvalue weighted by atomic mass is 9.77. The van der Waals surface area contributed by atoms with E-state index in [0.29, 0.717) is 16.9 Å². The number of hydrogen-bond donors (Lipinski definition) is 0. The fourth-order valence-corrected chi connectivity index (χ4v) is 6.30. The van der Waals surface area contributed by atoms with Crippen molar-refractivity contribution in [2.75, 3.05) is 43.9 Å². The molecule has 1 spiro atoms. The molecule has 2 aromatic rings. The van der Waals surface area contributed by atoms with Gasteiger partial charge in [-0.1, -0.05) is 6.07 Å². The van der Waals surface area contributed by atoms with E-state index in [1.54, 1.807) is 12.1 Å². The highest BCUT2D eigenvalue weighted by molar-refractivity contribution is 7.90. The predicted octanol–water partition coefficient (Wildman–Crippen LogP) is 3.60. The van der Waals surface area contributed by atoms with Crippen molar-refractivity contribution < 1.29 is 17.9 Å². The molecule has 176 valence electrons. The number of nitrogens with zero attached hydrogens (tertiary/aromatic N) is 2. The number of sulfone groups is 1. The highest BCUT2D eigenvalue weighted by Crippen LogP contribution is 2.42. The SMILES string of the molecule is Cc1c(CCN2CCC3(CC2)CCN(c2ccc(S(C)(=O)=O)cc2)C3)ccc2c1COC2=O. The molecule has 0 aromatic heterocycles. The number of piperidine rings is 1. The van der Waals surface area contributed by atoms with Crippen LogP contribution in [-0.4, -0.2) is 58.3 Å². The molecule has 6 nitrogen and oxygen atoms in total. The van der Waals surface area contributed by atoms with Gasteiger partial charge < -0.3 is 14.5 Å². The fourth-order valence-electron chi connectivity index (χ4n) is 5.67. The third-order valence-electron chi connectivity index (χ3n) is 7.96. The summed E-state index contributed by atoms with van der Waals surface area (Å²) >= 11 is 0. The van der Waals surface area contributed by atoms with Crippen LogP contribution in [0.4, 0.5) is 5.69 Å². The molecule has 0 saturated carbocycles. The Bertz CT molecular complexity index is 1170. The van der Waals surface area contributed by atoms with Crippen molar-refractivity contribution in [3.63, 3.8) is 0 Å². The summed E-state index contributed by atoms with van der Waals surface area (Å²) in [5, 5.41) is 0. The number of anilines is 1. The molecule has 2 saturated heterocycles. The number of likely N-dealkylation sites (tertiary alicyclic amines) is 1. The molecular formula is C26H32N2O4S. The second-order valence-corrected chi connectivity index (χ2v) is 12.0.